The maximum absolute atomic E-state index is 12.5. The molecule has 0 spiro atoms. The van der Waals surface area contributed by atoms with E-state index in [4.69, 9.17) is 4.74 Å². The van der Waals surface area contributed by atoms with Gasteiger partial charge in [0.05, 0.1) is 18.5 Å². The molecule has 0 unspecified atom stereocenters. The molecule has 0 N–H and O–H groups in total. The Morgan fingerprint density at radius 1 is 1.77 bits per heavy atom. The van der Waals surface area contributed by atoms with Gasteiger partial charge in [-0.15, -0.1) is 0 Å². The van der Waals surface area contributed by atoms with Gasteiger partial charge in [0.1, 0.15) is 0 Å². The van der Waals surface area contributed by atoms with Crippen LogP contribution in [0.4, 0.5) is 4.39 Å². The molecule has 2 atom stereocenters. The third-order valence-corrected chi connectivity index (χ3v) is 2.82. The Bertz CT molecular complexity index is 193. The van der Waals surface area contributed by atoms with E-state index < -0.39 is 0 Å². The van der Waals surface area contributed by atoms with Crippen LogP contribution in [-0.4, -0.2) is 37.2 Å². The average Bonchev–Trinajstić information content (AvgIpc) is 2.59. The fourth-order valence-electron chi connectivity index (χ4n) is 2.00. The molecule has 3 heteroatoms. The molecular weight excluding hydrogens is 169 g/mol. The molecule has 13 heavy (non-hydrogen) atoms. The Kier molecular flexibility index (Phi) is 3.88. The Morgan fingerprint density at radius 2 is 2.46 bits per heavy atom. The van der Waals surface area contributed by atoms with Crippen molar-refractivity contribution in [2.45, 2.75) is 32.4 Å². The van der Waals surface area contributed by atoms with E-state index in [1.165, 1.54) is 0 Å². The quantitative estimate of drug-likeness (QED) is 0.669. The lowest BCUT2D eigenvalue weighted by atomic mass is 10.1. The van der Waals surface area contributed by atoms with Gasteiger partial charge >= 0.3 is 0 Å². The predicted molar refractivity (Wildman–Crippen MR) is 51.3 cm³/mol. The largest absolute Gasteiger partial charge is 0.380 e. The molecule has 0 aliphatic carbocycles. The number of nitrogens with zero attached hydrogens (tertiary/aromatic N) is 1. The van der Waals surface area contributed by atoms with E-state index in [1.807, 2.05) is 6.92 Å². The smallest absolute Gasteiger partial charge is 0.0876 e. The topological polar surface area (TPSA) is 12.5 Å². The number of methoxy groups -OCH3 is 1. The highest BCUT2D eigenvalue weighted by Crippen LogP contribution is 2.26. The van der Waals surface area contributed by atoms with Crippen molar-refractivity contribution < 1.29 is 9.13 Å². The van der Waals surface area contributed by atoms with Gasteiger partial charge in [-0.2, -0.15) is 0 Å². The summed E-state index contributed by atoms with van der Waals surface area (Å²) in [6.07, 6.45) is 1.66. The summed E-state index contributed by atoms with van der Waals surface area (Å²) in [5.41, 5.74) is 0.871. The van der Waals surface area contributed by atoms with Crippen molar-refractivity contribution in [2.24, 2.45) is 0 Å². The molecule has 0 amide bonds. The lowest BCUT2D eigenvalue weighted by Gasteiger charge is -2.27. The number of likely N-dealkylation sites (N-methyl/N-ethyl adjacent to an activating group) is 1. The molecule has 1 heterocycles. The van der Waals surface area contributed by atoms with Gasteiger partial charge in [0.2, 0.25) is 0 Å². The van der Waals surface area contributed by atoms with Gasteiger partial charge in [-0.05, 0) is 25.5 Å². The third kappa shape index (κ3) is 2.09. The molecule has 0 saturated carbocycles. The van der Waals surface area contributed by atoms with Crippen LogP contribution in [0.1, 0.15) is 20.3 Å². The van der Waals surface area contributed by atoms with Crippen LogP contribution in [0.2, 0.25) is 0 Å². The molecule has 0 radical (unpaired) electrons. The molecule has 2 nitrogen and oxygen atoms in total. The second-order valence-corrected chi connectivity index (χ2v) is 3.45. The SMILES string of the molecule is CCN1CC/C(=C/F)[C@H]1[C@H](C)OC. The van der Waals surface area contributed by atoms with Crippen molar-refractivity contribution in [1.29, 1.82) is 0 Å². The second kappa shape index (κ2) is 4.72. The molecule has 0 aromatic rings. The molecule has 1 aliphatic heterocycles. The van der Waals surface area contributed by atoms with Gasteiger partial charge in [0.25, 0.3) is 0 Å². The fraction of sp³-hybridized carbons (Fsp3) is 0.800. The second-order valence-electron chi connectivity index (χ2n) is 3.45. The minimum atomic E-state index is 0.0736. The van der Waals surface area contributed by atoms with Crippen LogP contribution in [0, 0.1) is 0 Å². The number of hydrogen-bond acceptors (Lipinski definition) is 2. The first kappa shape index (κ1) is 10.7. The highest BCUT2D eigenvalue weighted by atomic mass is 19.1. The lowest BCUT2D eigenvalue weighted by molar-refractivity contribution is 0.0570. The van der Waals surface area contributed by atoms with Crippen molar-refractivity contribution in [1.82, 2.24) is 4.90 Å². The minimum absolute atomic E-state index is 0.0736. The molecule has 76 valence electrons. The zero-order valence-electron chi connectivity index (χ0n) is 8.59. The van der Waals surface area contributed by atoms with E-state index in [9.17, 15) is 4.39 Å². The number of halogens is 1. The molecule has 0 aromatic carbocycles. The first-order valence-corrected chi connectivity index (χ1v) is 4.80. The first-order valence-electron chi connectivity index (χ1n) is 4.80. The predicted octanol–water partition coefficient (Wildman–Crippen LogP) is 1.97. The van der Waals surface area contributed by atoms with E-state index in [0.717, 1.165) is 31.4 Å². The average molecular weight is 187 g/mol. The fourth-order valence-corrected chi connectivity index (χ4v) is 2.00. The van der Waals surface area contributed by atoms with Crippen LogP contribution in [0.25, 0.3) is 0 Å². The Hall–Kier alpha value is -0.410. The minimum Gasteiger partial charge on any atom is -0.380 e. The molecule has 1 rings (SSSR count). The van der Waals surface area contributed by atoms with Crippen LogP contribution < -0.4 is 0 Å². The van der Waals surface area contributed by atoms with Crippen LogP contribution in [0.5, 0.6) is 0 Å². The van der Waals surface area contributed by atoms with Crippen LogP contribution in [0.15, 0.2) is 11.9 Å². The number of hydrogen-bond donors (Lipinski definition) is 0. The van der Waals surface area contributed by atoms with Crippen molar-refractivity contribution >= 4 is 0 Å². The Balaban J connectivity index is 2.73. The standard InChI is InChI=1S/C10H18FNO/c1-4-12-6-5-9(7-11)10(12)8(2)13-3/h7-8,10H,4-6H2,1-3H3/b9-7-/t8-,10+/m0/s1. The van der Waals surface area contributed by atoms with Gasteiger partial charge in [-0.1, -0.05) is 6.92 Å². The number of likely N-dealkylation sites (tertiary alicyclic amines) is 1. The number of rotatable bonds is 3. The maximum Gasteiger partial charge on any atom is 0.0876 e. The maximum atomic E-state index is 12.5. The van der Waals surface area contributed by atoms with E-state index in [2.05, 4.69) is 11.8 Å². The summed E-state index contributed by atoms with van der Waals surface area (Å²) in [4.78, 5) is 2.25. The van der Waals surface area contributed by atoms with Crippen LogP contribution >= 0.6 is 0 Å². The summed E-state index contributed by atoms with van der Waals surface area (Å²) in [6, 6.07) is 0.139. The monoisotopic (exact) mass is 187 g/mol. The normalized spacial score (nSPS) is 29.8. The highest BCUT2D eigenvalue weighted by Gasteiger charge is 2.32. The van der Waals surface area contributed by atoms with Crippen molar-refractivity contribution in [3.05, 3.63) is 11.9 Å². The summed E-state index contributed by atoms with van der Waals surface area (Å²) in [7, 11) is 1.67. The number of ether oxygens (including phenoxy) is 1. The molecular formula is C10H18FNO. The van der Waals surface area contributed by atoms with Gasteiger partial charge < -0.3 is 4.74 Å². The zero-order valence-corrected chi connectivity index (χ0v) is 8.59. The summed E-state index contributed by atoms with van der Waals surface area (Å²) in [5.74, 6) is 0. The van der Waals surface area contributed by atoms with E-state index in [0.29, 0.717) is 0 Å². The third-order valence-electron chi connectivity index (χ3n) is 2.82. The van der Waals surface area contributed by atoms with Gasteiger partial charge in [-0.3, -0.25) is 4.90 Å². The van der Waals surface area contributed by atoms with Gasteiger partial charge in [0.15, 0.2) is 0 Å². The molecule has 0 bridgehead atoms. The van der Waals surface area contributed by atoms with Crippen LogP contribution in [0.3, 0.4) is 0 Å². The van der Waals surface area contributed by atoms with Crippen molar-refractivity contribution in [3.63, 3.8) is 0 Å². The molecule has 1 fully saturated rings. The molecule has 1 aliphatic rings. The Morgan fingerprint density at radius 3 is 2.92 bits per heavy atom. The highest BCUT2D eigenvalue weighted by molar-refractivity contribution is 5.16. The van der Waals surface area contributed by atoms with Crippen molar-refractivity contribution in [3.8, 4) is 0 Å². The van der Waals surface area contributed by atoms with Crippen LogP contribution in [-0.2, 0) is 4.74 Å². The van der Waals surface area contributed by atoms with E-state index in [1.54, 1.807) is 7.11 Å². The van der Waals surface area contributed by atoms with E-state index in [-0.39, 0.29) is 12.1 Å². The zero-order chi connectivity index (χ0) is 9.84. The van der Waals surface area contributed by atoms with Gasteiger partial charge in [-0.25, -0.2) is 4.39 Å². The summed E-state index contributed by atoms with van der Waals surface area (Å²) in [5, 5.41) is 0. The van der Waals surface area contributed by atoms with Crippen molar-refractivity contribution in [2.75, 3.05) is 20.2 Å². The molecule has 1 saturated heterocycles. The molecule has 0 aromatic heterocycles. The van der Waals surface area contributed by atoms with E-state index >= 15 is 0 Å². The van der Waals surface area contributed by atoms with Gasteiger partial charge in [0, 0.05) is 13.7 Å². The summed E-state index contributed by atoms with van der Waals surface area (Å²) in [6.45, 7) is 5.99. The summed E-state index contributed by atoms with van der Waals surface area (Å²) < 4.78 is 17.8. The Labute approximate surface area is 79.4 Å². The lowest BCUT2D eigenvalue weighted by Crippen LogP contribution is -2.39. The summed E-state index contributed by atoms with van der Waals surface area (Å²) >= 11 is 0. The first-order chi connectivity index (χ1) is 6.24.